The molecule has 0 unspecified atom stereocenters. The minimum absolute atomic E-state index is 0.154. The normalized spacial score (nSPS) is 11.2. The number of hydrogen-bond donors (Lipinski definition) is 1. The van der Waals surface area contributed by atoms with Crippen molar-refractivity contribution in [3.05, 3.63) is 35.6 Å². The zero-order chi connectivity index (χ0) is 12.2. The third-order valence-corrected chi connectivity index (χ3v) is 2.43. The Balaban J connectivity index is 2.69. The fourth-order valence-electron chi connectivity index (χ4n) is 1.67. The van der Waals surface area contributed by atoms with E-state index in [4.69, 9.17) is 0 Å². The Morgan fingerprint density at radius 1 is 1.31 bits per heavy atom. The standard InChI is InChI=1S/C13H18FNO/c1-4-9-13(2,3)15-12(16)10-5-7-11(14)8-6-10/h5-8H,4,9H2,1-3H3,(H,15,16). The average molecular weight is 223 g/mol. The molecular weight excluding hydrogens is 205 g/mol. The molecule has 1 N–H and O–H groups in total. The molecular formula is C13H18FNO. The predicted octanol–water partition coefficient (Wildman–Crippen LogP) is 3.13. The highest BCUT2D eigenvalue weighted by molar-refractivity contribution is 5.94. The summed E-state index contributed by atoms with van der Waals surface area (Å²) >= 11 is 0. The van der Waals surface area contributed by atoms with Crippen LogP contribution in [0.1, 0.15) is 44.0 Å². The molecule has 16 heavy (non-hydrogen) atoms. The largest absolute Gasteiger partial charge is 0.347 e. The molecule has 0 radical (unpaired) electrons. The van der Waals surface area contributed by atoms with Gasteiger partial charge in [0.15, 0.2) is 0 Å². The van der Waals surface area contributed by atoms with E-state index in [1.54, 1.807) is 0 Å². The Morgan fingerprint density at radius 3 is 2.38 bits per heavy atom. The van der Waals surface area contributed by atoms with Crippen LogP contribution in [0.25, 0.3) is 0 Å². The Morgan fingerprint density at radius 2 is 1.88 bits per heavy atom. The van der Waals surface area contributed by atoms with Crippen LogP contribution in [-0.2, 0) is 0 Å². The summed E-state index contributed by atoms with van der Waals surface area (Å²) in [4.78, 5) is 11.8. The van der Waals surface area contributed by atoms with Gasteiger partial charge in [0, 0.05) is 11.1 Å². The topological polar surface area (TPSA) is 29.1 Å². The van der Waals surface area contributed by atoms with Crippen molar-refractivity contribution in [2.75, 3.05) is 0 Å². The van der Waals surface area contributed by atoms with Crippen molar-refractivity contribution in [2.24, 2.45) is 0 Å². The Hall–Kier alpha value is -1.38. The Labute approximate surface area is 95.9 Å². The van der Waals surface area contributed by atoms with E-state index >= 15 is 0 Å². The van der Waals surface area contributed by atoms with E-state index < -0.39 is 0 Å². The lowest BCUT2D eigenvalue weighted by Gasteiger charge is -2.25. The van der Waals surface area contributed by atoms with E-state index in [-0.39, 0.29) is 17.3 Å². The van der Waals surface area contributed by atoms with Gasteiger partial charge in [-0.1, -0.05) is 13.3 Å². The van der Waals surface area contributed by atoms with E-state index in [0.29, 0.717) is 5.56 Å². The fraction of sp³-hybridized carbons (Fsp3) is 0.462. The van der Waals surface area contributed by atoms with E-state index in [1.807, 2.05) is 13.8 Å². The van der Waals surface area contributed by atoms with Crippen LogP contribution in [0.2, 0.25) is 0 Å². The number of carbonyl (C=O) groups is 1. The zero-order valence-corrected chi connectivity index (χ0v) is 10.0. The van der Waals surface area contributed by atoms with Gasteiger partial charge in [0.25, 0.3) is 5.91 Å². The van der Waals surface area contributed by atoms with E-state index in [0.717, 1.165) is 12.8 Å². The van der Waals surface area contributed by atoms with E-state index in [2.05, 4.69) is 12.2 Å². The third kappa shape index (κ3) is 3.65. The van der Waals surface area contributed by atoms with Gasteiger partial charge in [0.2, 0.25) is 0 Å². The molecule has 0 aliphatic heterocycles. The van der Waals surface area contributed by atoms with Crippen LogP contribution < -0.4 is 5.32 Å². The summed E-state index contributed by atoms with van der Waals surface area (Å²) in [6, 6.07) is 5.57. The summed E-state index contributed by atoms with van der Waals surface area (Å²) in [6.07, 6.45) is 1.93. The molecule has 1 aromatic carbocycles. The van der Waals surface area contributed by atoms with Crippen molar-refractivity contribution in [3.63, 3.8) is 0 Å². The van der Waals surface area contributed by atoms with Gasteiger partial charge in [-0.2, -0.15) is 0 Å². The first-order valence-electron chi connectivity index (χ1n) is 5.53. The van der Waals surface area contributed by atoms with Gasteiger partial charge < -0.3 is 5.32 Å². The monoisotopic (exact) mass is 223 g/mol. The number of amides is 1. The minimum atomic E-state index is -0.329. The molecule has 0 saturated carbocycles. The Kier molecular flexibility index (Phi) is 4.05. The number of halogens is 1. The highest BCUT2D eigenvalue weighted by Gasteiger charge is 2.19. The maximum Gasteiger partial charge on any atom is 0.251 e. The molecule has 0 bridgehead atoms. The second-order valence-electron chi connectivity index (χ2n) is 4.59. The van der Waals surface area contributed by atoms with Crippen molar-refractivity contribution in [2.45, 2.75) is 39.2 Å². The summed E-state index contributed by atoms with van der Waals surface area (Å²) in [5.74, 6) is -0.484. The Bertz CT molecular complexity index is 357. The third-order valence-electron chi connectivity index (χ3n) is 2.43. The lowest BCUT2D eigenvalue weighted by molar-refractivity contribution is 0.0909. The van der Waals surface area contributed by atoms with Crippen LogP contribution in [0.15, 0.2) is 24.3 Å². The first-order chi connectivity index (χ1) is 7.44. The number of rotatable bonds is 4. The first kappa shape index (κ1) is 12.7. The molecule has 0 spiro atoms. The number of nitrogens with one attached hydrogen (secondary N) is 1. The quantitative estimate of drug-likeness (QED) is 0.834. The van der Waals surface area contributed by atoms with Gasteiger partial charge in [-0.05, 0) is 44.5 Å². The van der Waals surface area contributed by atoms with Crippen LogP contribution in [0.5, 0.6) is 0 Å². The summed E-state index contributed by atoms with van der Waals surface area (Å²) in [5, 5.41) is 2.93. The average Bonchev–Trinajstić information content (AvgIpc) is 2.17. The first-order valence-corrected chi connectivity index (χ1v) is 5.53. The van der Waals surface area contributed by atoms with Gasteiger partial charge in [0.05, 0.1) is 0 Å². The minimum Gasteiger partial charge on any atom is -0.347 e. The van der Waals surface area contributed by atoms with E-state index in [9.17, 15) is 9.18 Å². The van der Waals surface area contributed by atoms with Crippen molar-refractivity contribution in [1.29, 1.82) is 0 Å². The molecule has 0 saturated heterocycles. The lowest BCUT2D eigenvalue weighted by atomic mass is 9.98. The molecule has 0 aliphatic carbocycles. The van der Waals surface area contributed by atoms with Crippen molar-refractivity contribution < 1.29 is 9.18 Å². The van der Waals surface area contributed by atoms with Gasteiger partial charge in [-0.25, -0.2) is 4.39 Å². The van der Waals surface area contributed by atoms with Crippen LogP contribution in [0, 0.1) is 5.82 Å². The molecule has 1 rings (SSSR count). The van der Waals surface area contributed by atoms with E-state index in [1.165, 1.54) is 24.3 Å². The highest BCUT2D eigenvalue weighted by Crippen LogP contribution is 2.12. The molecule has 1 amide bonds. The van der Waals surface area contributed by atoms with Gasteiger partial charge >= 0.3 is 0 Å². The van der Waals surface area contributed by atoms with Gasteiger partial charge in [-0.15, -0.1) is 0 Å². The van der Waals surface area contributed by atoms with Crippen molar-refractivity contribution in [3.8, 4) is 0 Å². The van der Waals surface area contributed by atoms with Crippen LogP contribution in [0.3, 0.4) is 0 Å². The highest BCUT2D eigenvalue weighted by atomic mass is 19.1. The fourth-order valence-corrected chi connectivity index (χ4v) is 1.67. The molecule has 0 atom stereocenters. The lowest BCUT2D eigenvalue weighted by Crippen LogP contribution is -2.43. The number of hydrogen-bond acceptors (Lipinski definition) is 1. The smallest absolute Gasteiger partial charge is 0.251 e. The zero-order valence-electron chi connectivity index (χ0n) is 10.0. The van der Waals surface area contributed by atoms with Gasteiger partial charge in [0.1, 0.15) is 5.82 Å². The summed E-state index contributed by atoms with van der Waals surface area (Å²) in [7, 11) is 0. The number of carbonyl (C=O) groups excluding carboxylic acids is 1. The van der Waals surface area contributed by atoms with Crippen LogP contribution in [0.4, 0.5) is 4.39 Å². The SMILES string of the molecule is CCCC(C)(C)NC(=O)c1ccc(F)cc1. The predicted molar refractivity (Wildman–Crippen MR) is 62.9 cm³/mol. The molecule has 3 heteroatoms. The second-order valence-corrected chi connectivity index (χ2v) is 4.59. The molecule has 0 aromatic heterocycles. The second kappa shape index (κ2) is 5.10. The van der Waals surface area contributed by atoms with Gasteiger partial charge in [-0.3, -0.25) is 4.79 Å². The molecule has 0 fully saturated rings. The van der Waals surface area contributed by atoms with Crippen molar-refractivity contribution >= 4 is 5.91 Å². The van der Waals surface area contributed by atoms with Crippen LogP contribution >= 0.6 is 0 Å². The van der Waals surface area contributed by atoms with Crippen molar-refractivity contribution in [1.82, 2.24) is 5.32 Å². The molecule has 2 nitrogen and oxygen atoms in total. The molecule has 0 heterocycles. The maximum absolute atomic E-state index is 12.7. The molecule has 0 aliphatic rings. The molecule has 88 valence electrons. The van der Waals surface area contributed by atoms with Crippen LogP contribution in [-0.4, -0.2) is 11.4 Å². The molecule has 1 aromatic rings. The summed E-state index contributed by atoms with van der Waals surface area (Å²) in [5.41, 5.74) is 0.269. The summed E-state index contributed by atoms with van der Waals surface area (Å²) < 4.78 is 12.7. The number of benzene rings is 1. The summed E-state index contributed by atoms with van der Waals surface area (Å²) in [6.45, 7) is 6.04. The maximum atomic E-state index is 12.7.